The molecule has 3 aliphatic heterocycles. The van der Waals surface area contributed by atoms with Crippen LogP contribution < -0.4 is 10.2 Å². The highest BCUT2D eigenvalue weighted by Crippen LogP contribution is 2.57. The van der Waals surface area contributed by atoms with E-state index >= 15 is 0 Å². The molecule has 0 aromatic heterocycles. The normalized spacial score (nSPS) is 23.8. The number of thioether (sulfide) groups is 1. The Balaban J connectivity index is 1.36. The van der Waals surface area contributed by atoms with Crippen LogP contribution in [0.2, 0.25) is 0 Å². The molecule has 6 rings (SSSR count). The van der Waals surface area contributed by atoms with Crippen molar-refractivity contribution in [1.82, 2.24) is 5.32 Å². The Kier molecular flexibility index (Phi) is 6.54. The van der Waals surface area contributed by atoms with E-state index in [4.69, 9.17) is 0 Å². The van der Waals surface area contributed by atoms with Gasteiger partial charge in [-0.2, -0.15) is 0 Å². The van der Waals surface area contributed by atoms with Crippen LogP contribution in [0.25, 0.3) is 0 Å². The van der Waals surface area contributed by atoms with Crippen LogP contribution in [0.3, 0.4) is 0 Å². The smallest absolute Gasteiger partial charge is 0.123 e. The van der Waals surface area contributed by atoms with E-state index in [-0.39, 0.29) is 23.1 Å². The van der Waals surface area contributed by atoms with Gasteiger partial charge in [0.2, 0.25) is 0 Å². The molecule has 3 nitrogen and oxygen atoms in total. The molecule has 1 fully saturated rings. The first kappa shape index (κ1) is 24.9. The lowest BCUT2D eigenvalue weighted by Gasteiger charge is -2.48. The topological polar surface area (TPSA) is 35.5 Å². The molecular weight excluding hydrogens is 486 g/mol. The van der Waals surface area contributed by atoms with E-state index < -0.39 is 5.60 Å². The second kappa shape index (κ2) is 9.72. The summed E-state index contributed by atoms with van der Waals surface area (Å²) in [7, 11) is 0. The van der Waals surface area contributed by atoms with Crippen LogP contribution in [0.1, 0.15) is 55.2 Å². The molecule has 0 radical (unpaired) electrons. The maximum absolute atomic E-state index is 13.8. The van der Waals surface area contributed by atoms with E-state index in [1.165, 1.54) is 40.4 Å². The molecule has 0 spiro atoms. The molecule has 0 bridgehead atoms. The van der Waals surface area contributed by atoms with Crippen LogP contribution in [-0.2, 0) is 5.60 Å². The molecule has 3 aromatic rings. The second-order valence-electron chi connectivity index (χ2n) is 10.9. The molecular formula is C31H34F2N2OS. The zero-order valence-electron chi connectivity index (χ0n) is 21.2. The first-order valence-electron chi connectivity index (χ1n) is 13.4. The van der Waals surface area contributed by atoms with Gasteiger partial charge in [-0.1, -0.05) is 43.3 Å². The third-order valence-corrected chi connectivity index (χ3v) is 10.2. The molecule has 0 saturated carbocycles. The number of benzene rings is 3. The Morgan fingerprint density at radius 1 is 1.05 bits per heavy atom. The zero-order valence-corrected chi connectivity index (χ0v) is 22.0. The van der Waals surface area contributed by atoms with Gasteiger partial charge < -0.3 is 15.3 Å². The maximum Gasteiger partial charge on any atom is 0.123 e. The van der Waals surface area contributed by atoms with Crippen molar-refractivity contribution in [2.75, 3.05) is 30.3 Å². The summed E-state index contributed by atoms with van der Waals surface area (Å²) in [6.45, 7) is 5.08. The van der Waals surface area contributed by atoms with Crippen molar-refractivity contribution >= 4 is 17.4 Å². The van der Waals surface area contributed by atoms with Gasteiger partial charge in [-0.05, 0) is 90.9 Å². The monoisotopic (exact) mass is 520 g/mol. The number of piperidine rings is 1. The number of nitrogens with one attached hydrogen (secondary N) is 1. The Bertz CT molecular complexity index is 1220. The summed E-state index contributed by atoms with van der Waals surface area (Å²) < 4.78 is 27.6. The SMILES string of the molecule is CC(CCC12CCNCC1c1cccc3c1N2CCCS3)C(O)(c1ccc(F)cc1)c1ccc(F)cc1. The second-order valence-corrected chi connectivity index (χ2v) is 12.0. The first-order valence-corrected chi connectivity index (χ1v) is 14.4. The number of anilines is 1. The molecule has 6 heteroatoms. The summed E-state index contributed by atoms with van der Waals surface area (Å²) in [5.41, 5.74) is 2.81. The van der Waals surface area contributed by atoms with Crippen molar-refractivity contribution < 1.29 is 13.9 Å². The minimum absolute atomic E-state index is 0.00927. The van der Waals surface area contributed by atoms with Gasteiger partial charge in [-0.3, -0.25) is 0 Å². The average Bonchev–Trinajstić information content (AvgIpc) is 3.03. The number of rotatable bonds is 6. The van der Waals surface area contributed by atoms with Gasteiger partial charge >= 0.3 is 0 Å². The van der Waals surface area contributed by atoms with Crippen molar-refractivity contribution in [3.8, 4) is 0 Å². The number of hydrogen-bond donors (Lipinski definition) is 2. The van der Waals surface area contributed by atoms with Gasteiger partial charge in [0.05, 0.1) is 5.69 Å². The Morgan fingerprint density at radius 2 is 1.73 bits per heavy atom. The van der Waals surface area contributed by atoms with Gasteiger partial charge in [0.1, 0.15) is 17.2 Å². The third kappa shape index (κ3) is 4.08. The van der Waals surface area contributed by atoms with Crippen molar-refractivity contribution in [2.45, 2.75) is 54.6 Å². The van der Waals surface area contributed by atoms with Gasteiger partial charge in [-0.15, -0.1) is 11.8 Å². The van der Waals surface area contributed by atoms with E-state index in [1.54, 1.807) is 24.3 Å². The largest absolute Gasteiger partial charge is 0.380 e. The molecule has 194 valence electrons. The summed E-state index contributed by atoms with van der Waals surface area (Å²) in [6, 6.07) is 19.0. The molecule has 0 aliphatic carbocycles. The predicted molar refractivity (Wildman–Crippen MR) is 146 cm³/mol. The quantitative estimate of drug-likeness (QED) is 0.392. The van der Waals surface area contributed by atoms with E-state index in [2.05, 4.69) is 35.3 Å². The van der Waals surface area contributed by atoms with Crippen LogP contribution in [0, 0.1) is 17.6 Å². The van der Waals surface area contributed by atoms with Gasteiger partial charge in [0.15, 0.2) is 0 Å². The molecule has 3 atom stereocenters. The number of para-hydroxylation sites is 1. The minimum atomic E-state index is -1.36. The number of aliphatic hydroxyl groups is 1. The maximum atomic E-state index is 13.8. The van der Waals surface area contributed by atoms with Crippen molar-refractivity contribution in [1.29, 1.82) is 0 Å². The van der Waals surface area contributed by atoms with Crippen LogP contribution in [0.5, 0.6) is 0 Å². The van der Waals surface area contributed by atoms with Crippen LogP contribution in [0.15, 0.2) is 71.6 Å². The van der Waals surface area contributed by atoms with E-state index in [1.807, 2.05) is 11.8 Å². The van der Waals surface area contributed by atoms with Gasteiger partial charge in [0.25, 0.3) is 0 Å². The highest BCUT2D eigenvalue weighted by Gasteiger charge is 2.53. The highest BCUT2D eigenvalue weighted by atomic mass is 32.2. The lowest BCUT2D eigenvalue weighted by Crippen LogP contribution is -2.56. The van der Waals surface area contributed by atoms with Crippen molar-refractivity contribution in [2.24, 2.45) is 5.92 Å². The summed E-state index contributed by atoms with van der Waals surface area (Å²) in [6.07, 6.45) is 3.96. The number of halogens is 2. The number of nitrogens with zero attached hydrogens (tertiary/aromatic N) is 1. The molecule has 3 aromatic carbocycles. The molecule has 3 heterocycles. The standard InChI is InChI=1S/C31H34F2N2OS/c1-21(31(36,22-6-10-24(32)11-7-22)23-8-12-25(33)13-9-23)14-15-30-16-17-34-20-27(30)26-4-2-5-28-29(26)35(30)18-3-19-37-28/h2,4-13,21,27,34,36H,3,14-20H2,1H3. The lowest BCUT2D eigenvalue weighted by molar-refractivity contribution is 0.0153. The number of hydrogen-bond acceptors (Lipinski definition) is 4. The molecule has 2 N–H and O–H groups in total. The lowest BCUT2D eigenvalue weighted by atomic mass is 9.69. The summed E-state index contributed by atoms with van der Waals surface area (Å²) >= 11 is 1.97. The van der Waals surface area contributed by atoms with Gasteiger partial charge in [-0.25, -0.2) is 8.78 Å². The van der Waals surface area contributed by atoms with Gasteiger partial charge in [0, 0.05) is 29.4 Å². The third-order valence-electron chi connectivity index (χ3n) is 9.02. The zero-order chi connectivity index (χ0) is 25.6. The Morgan fingerprint density at radius 3 is 2.41 bits per heavy atom. The van der Waals surface area contributed by atoms with E-state index in [9.17, 15) is 13.9 Å². The summed E-state index contributed by atoms with van der Waals surface area (Å²) in [4.78, 5) is 4.11. The molecule has 1 saturated heterocycles. The fraction of sp³-hybridized carbons (Fsp3) is 0.419. The number of fused-ring (bicyclic) bond motifs is 3. The van der Waals surface area contributed by atoms with E-state index in [0.717, 1.165) is 51.1 Å². The Labute approximate surface area is 222 Å². The summed E-state index contributed by atoms with van der Waals surface area (Å²) in [5, 5.41) is 15.9. The van der Waals surface area contributed by atoms with E-state index in [0.29, 0.717) is 17.0 Å². The molecule has 0 amide bonds. The molecule has 3 aliphatic rings. The van der Waals surface area contributed by atoms with Crippen LogP contribution >= 0.6 is 11.8 Å². The van der Waals surface area contributed by atoms with Crippen molar-refractivity contribution in [3.05, 3.63) is 95.1 Å². The fourth-order valence-electron chi connectivity index (χ4n) is 7.08. The fourth-order valence-corrected chi connectivity index (χ4v) is 8.11. The van der Waals surface area contributed by atoms with Crippen LogP contribution in [-0.4, -0.2) is 36.0 Å². The predicted octanol–water partition coefficient (Wildman–Crippen LogP) is 6.45. The summed E-state index contributed by atoms with van der Waals surface area (Å²) in [5.74, 6) is 0.697. The molecule has 3 unspecified atom stereocenters. The minimum Gasteiger partial charge on any atom is -0.380 e. The Hall–Kier alpha value is -2.41. The highest BCUT2D eigenvalue weighted by molar-refractivity contribution is 7.99. The first-order chi connectivity index (χ1) is 17.9. The van der Waals surface area contributed by atoms with Crippen LogP contribution in [0.4, 0.5) is 14.5 Å². The van der Waals surface area contributed by atoms with Crippen molar-refractivity contribution in [3.63, 3.8) is 0 Å². The average molecular weight is 521 g/mol. The molecule has 37 heavy (non-hydrogen) atoms.